The molecule has 1 N–H and O–H groups in total. The van der Waals surface area contributed by atoms with Gasteiger partial charge in [0.05, 0.1) is 17.7 Å². The van der Waals surface area contributed by atoms with Gasteiger partial charge in [0, 0.05) is 11.4 Å². The van der Waals surface area contributed by atoms with Crippen LogP contribution in [0.3, 0.4) is 0 Å². The monoisotopic (exact) mass is 249 g/mol. The first-order valence-corrected chi connectivity index (χ1v) is 7.30. The first-order chi connectivity index (χ1) is 6.92. The summed E-state index contributed by atoms with van der Waals surface area (Å²) >= 11 is 1.54. The zero-order valence-corrected chi connectivity index (χ0v) is 10.7. The van der Waals surface area contributed by atoms with Gasteiger partial charge in [-0.25, -0.2) is 13.1 Å². The van der Waals surface area contributed by atoms with E-state index in [1.807, 2.05) is 19.9 Å². The van der Waals surface area contributed by atoms with Crippen LogP contribution in [0.2, 0.25) is 0 Å². The molecule has 0 aliphatic heterocycles. The van der Waals surface area contributed by atoms with E-state index in [-0.39, 0.29) is 0 Å². The quantitative estimate of drug-likeness (QED) is 0.860. The van der Waals surface area contributed by atoms with Gasteiger partial charge in [0.15, 0.2) is 0 Å². The van der Waals surface area contributed by atoms with Gasteiger partial charge in [0.25, 0.3) is 0 Å². The Labute approximate surface area is 94.3 Å². The highest BCUT2D eigenvalue weighted by molar-refractivity contribution is 7.88. The van der Waals surface area contributed by atoms with Gasteiger partial charge < -0.3 is 4.74 Å². The number of hydrogen-bond donors (Lipinski definition) is 1. The Morgan fingerprint density at radius 1 is 1.53 bits per heavy atom. The van der Waals surface area contributed by atoms with Gasteiger partial charge in [-0.3, -0.25) is 0 Å². The maximum Gasteiger partial charge on any atom is 0.209 e. The van der Waals surface area contributed by atoms with Gasteiger partial charge in [-0.1, -0.05) is 0 Å². The molecule has 1 aromatic heterocycles. The van der Waals surface area contributed by atoms with Crippen LogP contribution in [0.15, 0.2) is 6.07 Å². The molecule has 1 aromatic rings. The minimum atomic E-state index is -3.14. The Hall–Kier alpha value is -0.590. The summed E-state index contributed by atoms with van der Waals surface area (Å²) in [7, 11) is -3.14. The van der Waals surface area contributed by atoms with E-state index in [0.29, 0.717) is 13.2 Å². The van der Waals surface area contributed by atoms with Crippen molar-refractivity contribution in [2.75, 3.05) is 12.9 Å². The van der Waals surface area contributed by atoms with Gasteiger partial charge in [0.1, 0.15) is 5.75 Å². The molecule has 0 radical (unpaired) electrons. The lowest BCUT2D eigenvalue weighted by Gasteiger charge is -2.04. The molecule has 0 aliphatic rings. The largest absolute Gasteiger partial charge is 0.493 e. The van der Waals surface area contributed by atoms with Gasteiger partial charge in [0.2, 0.25) is 10.0 Å². The summed E-state index contributed by atoms with van der Waals surface area (Å²) in [6.45, 7) is 4.76. The van der Waals surface area contributed by atoms with E-state index in [0.717, 1.165) is 21.8 Å². The molecule has 0 saturated heterocycles. The van der Waals surface area contributed by atoms with E-state index >= 15 is 0 Å². The molecule has 0 bridgehead atoms. The first-order valence-electron chi connectivity index (χ1n) is 4.59. The minimum absolute atomic E-state index is 0.298. The number of thiophene rings is 1. The third-order valence-corrected chi connectivity index (χ3v) is 3.39. The lowest BCUT2D eigenvalue weighted by Crippen LogP contribution is -2.20. The van der Waals surface area contributed by atoms with E-state index in [9.17, 15) is 8.42 Å². The van der Waals surface area contributed by atoms with Crippen molar-refractivity contribution in [1.29, 1.82) is 0 Å². The van der Waals surface area contributed by atoms with Gasteiger partial charge >= 0.3 is 0 Å². The summed E-state index contributed by atoms with van der Waals surface area (Å²) in [6, 6.07) is 1.92. The van der Waals surface area contributed by atoms with Crippen molar-refractivity contribution in [3.63, 3.8) is 0 Å². The molecule has 0 aromatic carbocycles. The second kappa shape index (κ2) is 4.96. The molecule has 0 unspecified atom stereocenters. The summed E-state index contributed by atoms with van der Waals surface area (Å²) in [5, 5.41) is 0. The second-order valence-electron chi connectivity index (χ2n) is 3.17. The smallest absolute Gasteiger partial charge is 0.209 e. The third-order valence-electron chi connectivity index (χ3n) is 1.69. The Kier molecular flexibility index (Phi) is 4.12. The van der Waals surface area contributed by atoms with Crippen LogP contribution in [0, 0.1) is 6.92 Å². The Balaban J connectivity index is 2.75. The average Bonchev–Trinajstić information content (AvgIpc) is 2.42. The molecule has 0 atom stereocenters. The fourth-order valence-electron chi connectivity index (χ4n) is 1.14. The van der Waals surface area contributed by atoms with Gasteiger partial charge in [-0.2, -0.15) is 0 Å². The predicted octanol–water partition coefficient (Wildman–Crippen LogP) is 1.50. The third kappa shape index (κ3) is 4.19. The van der Waals surface area contributed by atoms with Crippen molar-refractivity contribution in [3.8, 4) is 5.75 Å². The van der Waals surface area contributed by atoms with Crippen molar-refractivity contribution in [2.24, 2.45) is 0 Å². The SMILES string of the molecule is CCOc1cc(C)sc1CNS(C)(=O)=O. The highest BCUT2D eigenvalue weighted by Gasteiger charge is 2.09. The Bertz CT molecular complexity index is 423. The maximum absolute atomic E-state index is 10.9. The average molecular weight is 249 g/mol. The molecule has 15 heavy (non-hydrogen) atoms. The van der Waals surface area contributed by atoms with E-state index in [1.54, 1.807) is 11.3 Å². The number of ether oxygens (including phenoxy) is 1. The van der Waals surface area contributed by atoms with Crippen LogP contribution in [0.1, 0.15) is 16.7 Å². The van der Waals surface area contributed by atoms with E-state index < -0.39 is 10.0 Å². The van der Waals surface area contributed by atoms with Gasteiger partial charge in [-0.15, -0.1) is 11.3 Å². The van der Waals surface area contributed by atoms with Crippen LogP contribution in [0.5, 0.6) is 5.75 Å². The topological polar surface area (TPSA) is 55.4 Å². The van der Waals surface area contributed by atoms with Crippen LogP contribution in [0.4, 0.5) is 0 Å². The lowest BCUT2D eigenvalue weighted by atomic mass is 10.4. The highest BCUT2D eigenvalue weighted by Crippen LogP contribution is 2.28. The molecule has 86 valence electrons. The molecule has 4 nitrogen and oxygen atoms in total. The predicted molar refractivity (Wildman–Crippen MR) is 61.9 cm³/mol. The van der Waals surface area contributed by atoms with Gasteiger partial charge in [-0.05, 0) is 19.9 Å². The fraction of sp³-hybridized carbons (Fsp3) is 0.556. The first kappa shape index (κ1) is 12.5. The molecular weight excluding hydrogens is 234 g/mol. The van der Waals surface area contributed by atoms with Crippen LogP contribution in [0.25, 0.3) is 0 Å². The summed E-state index contributed by atoms with van der Waals surface area (Å²) in [4.78, 5) is 2.03. The molecule has 0 amide bonds. The molecule has 0 spiro atoms. The van der Waals surface area contributed by atoms with Crippen LogP contribution < -0.4 is 9.46 Å². The van der Waals surface area contributed by atoms with E-state index in [1.165, 1.54) is 0 Å². The molecular formula is C9H15NO3S2. The summed E-state index contributed by atoms with van der Waals surface area (Å²) in [5.41, 5.74) is 0. The maximum atomic E-state index is 10.9. The number of rotatable bonds is 5. The van der Waals surface area contributed by atoms with E-state index in [4.69, 9.17) is 4.74 Å². The zero-order valence-electron chi connectivity index (χ0n) is 9.03. The molecule has 0 aliphatic carbocycles. The number of nitrogens with one attached hydrogen (secondary N) is 1. The molecule has 0 fully saturated rings. The van der Waals surface area contributed by atoms with Crippen molar-refractivity contribution in [3.05, 3.63) is 15.8 Å². The van der Waals surface area contributed by atoms with Crippen molar-refractivity contribution < 1.29 is 13.2 Å². The number of hydrogen-bond acceptors (Lipinski definition) is 4. The fourth-order valence-corrected chi connectivity index (χ4v) is 2.55. The summed E-state index contributed by atoms with van der Waals surface area (Å²) in [5.74, 6) is 0.774. The van der Waals surface area contributed by atoms with Crippen LogP contribution >= 0.6 is 11.3 Å². The zero-order chi connectivity index (χ0) is 11.5. The van der Waals surface area contributed by atoms with Crippen molar-refractivity contribution in [1.82, 2.24) is 4.72 Å². The molecule has 1 heterocycles. The van der Waals surface area contributed by atoms with Crippen molar-refractivity contribution in [2.45, 2.75) is 20.4 Å². The summed E-state index contributed by atoms with van der Waals surface area (Å²) < 4.78 is 29.7. The molecule has 6 heteroatoms. The standard InChI is InChI=1S/C9H15NO3S2/c1-4-13-8-5-7(2)14-9(8)6-10-15(3,11)12/h5,10H,4,6H2,1-3H3. The summed E-state index contributed by atoms with van der Waals surface area (Å²) in [6.07, 6.45) is 1.15. The Morgan fingerprint density at radius 3 is 2.73 bits per heavy atom. The van der Waals surface area contributed by atoms with Crippen molar-refractivity contribution >= 4 is 21.4 Å². The molecule has 1 rings (SSSR count). The van der Waals surface area contributed by atoms with Crippen LogP contribution in [-0.4, -0.2) is 21.3 Å². The van der Waals surface area contributed by atoms with Crippen LogP contribution in [-0.2, 0) is 16.6 Å². The second-order valence-corrected chi connectivity index (χ2v) is 6.34. The minimum Gasteiger partial charge on any atom is -0.493 e. The number of sulfonamides is 1. The lowest BCUT2D eigenvalue weighted by molar-refractivity contribution is 0.338. The highest BCUT2D eigenvalue weighted by atomic mass is 32.2. The normalized spacial score (nSPS) is 11.7. The molecule has 0 saturated carbocycles. The Morgan fingerprint density at radius 2 is 2.20 bits per heavy atom. The number of aryl methyl sites for hydroxylation is 1. The van der Waals surface area contributed by atoms with E-state index in [2.05, 4.69) is 4.72 Å².